The molecule has 1 unspecified atom stereocenters. The van der Waals surface area contributed by atoms with Gasteiger partial charge in [-0.3, -0.25) is 14.8 Å². The summed E-state index contributed by atoms with van der Waals surface area (Å²) >= 11 is 1.49. The van der Waals surface area contributed by atoms with E-state index < -0.39 is 33.4 Å². The minimum Gasteiger partial charge on any atom is -0.339 e. The number of hydrogen-bond donors (Lipinski definition) is 3. The van der Waals surface area contributed by atoms with E-state index in [1.807, 2.05) is 48.5 Å². The number of amides is 2. The second-order valence-electron chi connectivity index (χ2n) is 7.70. The van der Waals surface area contributed by atoms with E-state index in [2.05, 4.69) is 5.32 Å². The van der Waals surface area contributed by atoms with E-state index in [1.54, 1.807) is 36.4 Å². The van der Waals surface area contributed by atoms with Crippen LogP contribution in [-0.4, -0.2) is 37.2 Å². The van der Waals surface area contributed by atoms with E-state index in [4.69, 9.17) is 5.21 Å². The minimum atomic E-state index is -3.97. The van der Waals surface area contributed by atoms with Crippen LogP contribution < -0.4 is 10.8 Å². The van der Waals surface area contributed by atoms with Crippen molar-refractivity contribution in [1.82, 2.24) is 10.8 Å². The molecule has 1 atom stereocenters. The van der Waals surface area contributed by atoms with Gasteiger partial charge in [0.05, 0.1) is 10.6 Å². The third-order valence-electron chi connectivity index (χ3n) is 5.31. The summed E-state index contributed by atoms with van der Waals surface area (Å²) in [4.78, 5) is 27.1. The molecule has 178 valence electrons. The molecule has 0 aliphatic heterocycles. The molecule has 0 radical (unpaired) electrons. The average molecular weight is 507 g/mol. The lowest BCUT2D eigenvalue weighted by Gasteiger charge is -2.18. The molecule has 35 heavy (non-hydrogen) atoms. The third kappa shape index (κ3) is 5.89. The van der Waals surface area contributed by atoms with Crippen molar-refractivity contribution in [1.29, 1.82) is 0 Å². The largest absolute Gasteiger partial charge is 0.339 e. The SMILES string of the molecule is O=C(NC(CS(=O)(=O)c1ccc(Sc2ccccc2)cc1)C(=O)NO)c1cccc2ccccc12. The highest BCUT2D eigenvalue weighted by Crippen LogP contribution is 2.28. The molecule has 0 aromatic heterocycles. The Hall–Kier alpha value is -3.66. The predicted octanol–water partition coefficient (Wildman–Crippen LogP) is 4.07. The predicted molar refractivity (Wildman–Crippen MR) is 134 cm³/mol. The van der Waals surface area contributed by atoms with E-state index in [0.717, 1.165) is 15.2 Å². The molecule has 0 bridgehead atoms. The standard InChI is InChI=1S/C26H22N2O5S2/c29-25(23-12-6-8-18-7-4-5-11-22(18)23)27-24(26(30)28-31)17-35(32,33)21-15-13-20(14-16-21)34-19-9-2-1-3-10-19/h1-16,24,31H,17H2,(H,27,29)(H,28,30). The van der Waals surface area contributed by atoms with Gasteiger partial charge in [-0.2, -0.15) is 0 Å². The van der Waals surface area contributed by atoms with Crippen LogP contribution in [0.1, 0.15) is 10.4 Å². The van der Waals surface area contributed by atoms with Crippen molar-refractivity contribution < 1.29 is 23.2 Å². The molecule has 3 N–H and O–H groups in total. The molecule has 0 aliphatic rings. The normalized spacial score (nSPS) is 12.1. The van der Waals surface area contributed by atoms with Crippen LogP contribution in [0.2, 0.25) is 0 Å². The van der Waals surface area contributed by atoms with Crippen LogP contribution in [0.5, 0.6) is 0 Å². The Morgan fingerprint density at radius 2 is 1.43 bits per heavy atom. The van der Waals surface area contributed by atoms with Crippen molar-refractivity contribution in [2.24, 2.45) is 0 Å². The Balaban J connectivity index is 1.52. The quantitative estimate of drug-likeness (QED) is 0.245. The van der Waals surface area contributed by atoms with Gasteiger partial charge in [-0.05, 0) is 53.2 Å². The highest BCUT2D eigenvalue weighted by molar-refractivity contribution is 7.99. The maximum atomic E-state index is 13.0. The molecular formula is C26H22N2O5S2. The van der Waals surface area contributed by atoms with E-state index in [1.165, 1.54) is 29.4 Å². The lowest BCUT2D eigenvalue weighted by atomic mass is 10.0. The first-order chi connectivity index (χ1) is 16.9. The zero-order chi connectivity index (χ0) is 24.8. The number of sulfone groups is 1. The van der Waals surface area contributed by atoms with Crippen molar-refractivity contribution >= 4 is 44.2 Å². The van der Waals surface area contributed by atoms with Gasteiger partial charge in [0.15, 0.2) is 9.84 Å². The molecule has 2 amide bonds. The molecule has 0 saturated carbocycles. The lowest BCUT2D eigenvalue weighted by molar-refractivity contribution is -0.130. The molecule has 0 fully saturated rings. The first kappa shape index (κ1) is 24.5. The van der Waals surface area contributed by atoms with Crippen LogP contribution in [0.4, 0.5) is 0 Å². The van der Waals surface area contributed by atoms with Gasteiger partial charge < -0.3 is 5.32 Å². The summed E-state index contributed by atoms with van der Waals surface area (Å²) in [5.74, 6) is -2.38. The molecule has 9 heteroatoms. The van der Waals surface area contributed by atoms with Gasteiger partial charge in [0.1, 0.15) is 6.04 Å². The fraction of sp³-hybridized carbons (Fsp3) is 0.0769. The average Bonchev–Trinajstić information content (AvgIpc) is 2.88. The van der Waals surface area contributed by atoms with Crippen LogP contribution in [0.25, 0.3) is 10.8 Å². The summed E-state index contributed by atoms with van der Waals surface area (Å²) in [6, 6.07) is 26.8. The number of hydroxylamine groups is 1. The number of fused-ring (bicyclic) bond motifs is 1. The summed E-state index contributed by atoms with van der Waals surface area (Å²) in [6.45, 7) is 0. The molecule has 4 aromatic carbocycles. The Kier molecular flexibility index (Phi) is 7.50. The number of hydrogen-bond acceptors (Lipinski definition) is 6. The Bertz CT molecular complexity index is 1450. The van der Waals surface area contributed by atoms with Crippen LogP contribution >= 0.6 is 11.8 Å². The smallest absolute Gasteiger partial charge is 0.266 e. The second-order valence-corrected chi connectivity index (χ2v) is 10.9. The summed E-state index contributed by atoms with van der Waals surface area (Å²) < 4.78 is 26.1. The van der Waals surface area contributed by atoms with E-state index >= 15 is 0 Å². The van der Waals surface area contributed by atoms with Gasteiger partial charge in [-0.15, -0.1) is 0 Å². The fourth-order valence-electron chi connectivity index (χ4n) is 3.58. The Labute approximate surface area is 207 Å². The van der Waals surface area contributed by atoms with E-state index in [-0.39, 0.29) is 4.90 Å². The van der Waals surface area contributed by atoms with Crippen molar-refractivity contribution in [3.05, 3.63) is 103 Å². The van der Waals surface area contributed by atoms with Crippen LogP contribution in [0.15, 0.2) is 112 Å². The molecule has 4 aromatic rings. The zero-order valence-corrected chi connectivity index (χ0v) is 20.1. The molecule has 4 rings (SSSR count). The highest BCUT2D eigenvalue weighted by Gasteiger charge is 2.29. The highest BCUT2D eigenvalue weighted by atomic mass is 32.2. The molecule has 0 spiro atoms. The Morgan fingerprint density at radius 3 is 2.14 bits per heavy atom. The molecular weight excluding hydrogens is 484 g/mol. The minimum absolute atomic E-state index is 0.00469. The zero-order valence-electron chi connectivity index (χ0n) is 18.4. The van der Waals surface area contributed by atoms with Crippen molar-refractivity contribution in [3.8, 4) is 0 Å². The van der Waals surface area contributed by atoms with Crippen LogP contribution in [-0.2, 0) is 14.6 Å². The van der Waals surface area contributed by atoms with Crippen molar-refractivity contribution in [2.75, 3.05) is 5.75 Å². The van der Waals surface area contributed by atoms with Gasteiger partial charge in [0, 0.05) is 15.4 Å². The summed E-state index contributed by atoms with van der Waals surface area (Å²) in [5, 5.41) is 13.1. The monoisotopic (exact) mass is 506 g/mol. The maximum absolute atomic E-state index is 13.0. The molecule has 0 aliphatic carbocycles. The number of nitrogens with one attached hydrogen (secondary N) is 2. The molecule has 0 heterocycles. The van der Waals surface area contributed by atoms with Crippen LogP contribution in [0.3, 0.4) is 0 Å². The number of rotatable bonds is 8. The maximum Gasteiger partial charge on any atom is 0.266 e. The second kappa shape index (κ2) is 10.7. The van der Waals surface area contributed by atoms with Gasteiger partial charge in [0.2, 0.25) is 0 Å². The third-order valence-corrected chi connectivity index (χ3v) is 8.09. The first-order valence-electron chi connectivity index (χ1n) is 10.7. The number of benzene rings is 4. The van der Waals surface area contributed by atoms with Crippen LogP contribution in [0, 0.1) is 0 Å². The summed E-state index contributed by atoms with van der Waals surface area (Å²) in [6.07, 6.45) is 0. The van der Waals surface area contributed by atoms with Crippen molar-refractivity contribution in [3.63, 3.8) is 0 Å². The van der Waals surface area contributed by atoms with Gasteiger partial charge in [-0.1, -0.05) is 66.4 Å². The molecule has 7 nitrogen and oxygen atoms in total. The molecule has 0 saturated heterocycles. The number of carbonyl (C=O) groups is 2. The fourth-order valence-corrected chi connectivity index (χ4v) is 5.83. The van der Waals surface area contributed by atoms with E-state index in [0.29, 0.717) is 10.9 Å². The van der Waals surface area contributed by atoms with Gasteiger partial charge >= 0.3 is 0 Å². The lowest BCUT2D eigenvalue weighted by Crippen LogP contribution is -2.49. The van der Waals surface area contributed by atoms with E-state index in [9.17, 15) is 18.0 Å². The van der Waals surface area contributed by atoms with Crippen molar-refractivity contribution in [2.45, 2.75) is 20.7 Å². The number of carbonyl (C=O) groups excluding carboxylic acids is 2. The first-order valence-corrected chi connectivity index (χ1v) is 13.1. The topological polar surface area (TPSA) is 113 Å². The summed E-state index contributed by atoms with van der Waals surface area (Å²) in [5.41, 5.74) is 1.74. The summed E-state index contributed by atoms with van der Waals surface area (Å²) in [7, 11) is -3.97. The van der Waals surface area contributed by atoms with Gasteiger partial charge in [0.25, 0.3) is 11.8 Å². The Morgan fingerprint density at radius 1 is 0.800 bits per heavy atom. The van der Waals surface area contributed by atoms with Gasteiger partial charge in [-0.25, -0.2) is 13.9 Å².